The number of furan rings is 1. The fourth-order valence-electron chi connectivity index (χ4n) is 2.91. The summed E-state index contributed by atoms with van der Waals surface area (Å²) < 4.78 is 5.33. The Bertz CT molecular complexity index is 994. The second-order valence-corrected chi connectivity index (χ2v) is 6.83. The summed E-state index contributed by atoms with van der Waals surface area (Å²) in [5.41, 5.74) is 0.226. The van der Waals surface area contributed by atoms with Crippen molar-refractivity contribution in [3.05, 3.63) is 59.3 Å². The minimum Gasteiger partial charge on any atom is -0.505 e. The molecule has 0 aliphatic carbocycles. The second-order valence-electron chi connectivity index (χ2n) is 6.83. The number of carbonyl (C=O) groups is 3. The van der Waals surface area contributed by atoms with E-state index in [0.717, 1.165) is 4.90 Å². The summed E-state index contributed by atoms with van der Waals surface area (Å²) in [6.45, 7) is 1.79. The fourth-order valence-corrected chi connectivity index (χ4v) is 2.91. The van der Waals surface area contributed by atoms with Crippen LogP contribution in [0, 0.1) is 0 Å². The number of carbonyl (C=O) groups excluding carboxylic acids is 3. The van der Waals surface area contributed by atoms with Gasteiger partial charge in [0, 0.05) is 21.1 Å². The lowest BCUT2D eigenvalue weighted by Crippen LogP contribution is -2.30. The van der Waals surface area contributed by atoms with Gasteiger partial charge >= 0.3 is 0 Å². The Morgan fingerprint density at radius 3 is 2.45 bits per heavy atom. The molecule has 1 aromatic carbocycles. The number of nitrogens with zero attached hydrogens (tertiary/aromatic N) is 2. The molecule has 0 saturated carbocycles. The van der Waals surface area contributed by atoms with Gasteiger partial charge in [-0.05, 0) is 31.2 Å². The van der Waals surface area contributed by atoms with E-state index in [9.17, 15) is 19.5 Å². The predicted octanol–water partition coefficient (Wildman–Crippen LogP) is 1.66. The number of nitrogens with one attached hydrogen (secondary N) is 2. The van der Waals surface area contributed by atoms with Crippen molar-refractivity contribution in [2.45, 2.75) is 13.0 Å². The predicted molar refractivity (Wildman–Crippen MR) is 105 cm³/mol. The van der Waals surface area contributed by atoms with Gasteiger partial charge in [0.25, 0.3) is 17.7 Å². The molecule has 1 aliphatic rings. The van der Waals surface area contributed by atoms with E-state index in [1.54, 1.807) is 39.2 Å². The summed E-state index contributed by atoms with van der Waals surface area (Å²) in [5, 5.41) is 16.3. The van der Waals surface area contributed by atoms with Crippen LogP contribution in [-0.2, 0) is 9.59 Å². The van der Waals surface area contributed by atoms with Crippen molar-refractivity contribution in [1.29, 1.82) is 0 Å². The SMILES string of the molecule is CC(NC1=C(Nc2cccc(C(=O)N(C)C)c2O)C(=O)N(C)C1=O)c1ccco1. The molecule has 0 radical (unpaired) electrons. The third-order valence-corrected chi connectivity index (χ3v) is 4.55. The highest BCUT2D eigenvalue weighted by Crippen LogP contribution is 2.31. The minimum atomic E-state index is -0.562. The molecule has 0 fully saturated rings. The molecule has 1 aromatic heterocycles. The summed E-state index contributed by atoms with van der Waals surface area (Å²) in [4.78, 5) is 39.7. The Kier molecular flexibility index (Phi) is 5.31. The molecule has 9 nitrogen and oxygen atoms in total. The molecule has 1 unspecified atom stereocenters. The van der Waals surface area contributed by atoms with Gasteiger partial charge in [-0.1, -0.05) is 6.07 Å². The zero-order valence-corrected chi connectivity index (χ0v) is 16.5. The standard InChI is InChI=1S/C20H22N4O5/c1-11(14-9-6-10-29-14)21-15-16(20(28)24(4)19(15)27)22-13-8-5-7-12(17(13)25)18(26)23(2)3/h5-11,21-22,25H,1-4H3. The van der Waals surface area contributed by atoms with Gasteiger partial charge < -0.3 is 25.1 Å². The van der Waals surface area contributed by atoms with Gasteiger partial charge in [-0.3, -0.25) is 19.3 Å². The van der Waals surface area contributed by atoms with E-state index in [0.29, 0.717) is 5.76 Å². The number of hydrogen-bond acceptors (Lipinski definition) is 7. The quantitative estimate of drug-likeness (QED) is 0.501. The van der Waals surface area contributed by atoms with Gasteiger partial charge in [0.2, 0.25) is 0 Å². The first-order valence-electron chi connectivity index (χ1n) is 8.89. The number of anilines is 1. The van der Waals surface area contributed by atoms with Crippen LogP contribution in [0.5, 0.6) is 5.75 Å². The molecule has 152 valence electrons. The number of imide groups is 1. The fraction of sp³-hybridized carbons (Fsp3) is 0.250. The lowest BCUT2D eigenvalue weighted by molar-refractivity contribution is -0.136. The normalized spacial score (nSPS) is 15.0. The van der Waals surface area contributed by atoms with Crippen LogP contribution >= 0.6 is 0 Å². The number of phenols is 1. The molecule has 1 aliphatic heterocycles. The smallest absolute Gasteiger partial charge is 0.279 e. The van der Waals surface area contributed by atoms with Gasteiger partial charge in [-0.15, -0.1) is 0 Å². The molecule has 0 bridgehead atoms. The molecular weight excluding hydrogens is 376 g/mol. The minimum absolute atomic E-state index is 0.0272. The van der Waals surface area contributed by atoms with E-state index in [1.807, 2.05) is 0 Å². The van der Waals surface area contributed by atoms with Gasteiger partial charge in [0.05, 0.1) is 23.6 Å². The number of phenolic OH excluding ortho intramolecular Hbond substituents is 1. The lowest BCUT2D eigenvalue weighted by atomic mass is 10.1. The number of amides is 3. The van der Waals surface area contributed by atoms with Crippen LogP contribution in [0.3, 0.4) is 0 Å². The number of rotatable bonds is 6. The summed E-state index contributed by atoms with van der Waals surface area (Å²) in [7, 11) is 4.50. The van der Waals surface area contributed by atoms with Crippen LogP contribution in [-0.4, -0.2) is 53.8 Å². The molecule has 3 rings (SSSR count). The van der Waals surface area contributed by atoms with Crippen LogP contribution in [0.2, 0.25) is 0 Å². The Morgan fingerprint density at radius 1 is 1.14 bits per heavy atom. The second kappa shape index (κ2) is 7.70. The van der Waals surface area contributed by atoms with E-state index in [2.05, 4.69) is 10.6 Å². The van der Waals surface area contributed by atoms with Crippen molar-refractivity contribution < 1.29 is 23.9 Å². The summed E-state index contributed by atoms with van der Waals surface area (Å²) in [5.74, 6) is -1.19. The van der Waals surface area contributed by atoms with Crippen LogP contribution in [0.1, 0.15) is 29.1 Å². The van der Waals surface area contributed by atoms with E-state index in [1.165, 1.54) is 30.3 Å². The third kappa shape index (κ3) is 3.66. The van der Waals surface area contributed by atoms with Gasteiger partial charge in [0.1, 0.15) is 17.2 Å². The first-order chi connectivity index (χ1) is 13.7. The molecule has 3 amide bonds. The topological polar surface area (TPSA) is 115 Å². The third-order valence-electron chi connectivity index (χ3n) is 4.55. The molecule has 3 N–H and O–H groups in total. The number of aromatic hydroxyl groups is 1. The summed E-state index contributed by atoms with van der Waals surface area (Å²) in [6.07, 6.45) is 1.51. The van der Waals surface area contributed by atoms with Gasteiger partial charge in [-0.2, -0.15) is 0 Å². The Hall–Kier alpha value is -3.75. The van der Waals surface area contributed by atoms with Crippen LogP contribution < -0.4 is 10.6 Å². The van der Waals surface area contributed by atoms with Crippen LogP contribution in [0.15, 0.2) is 52.4 Å². The molecule has 29 heavy (non-hydrogen) atoms. The lowest BCUT2D eigenvalue weighted by Gasteiger charge is -2.16. The largest absolute Gasteiger partial charge is 0.505 e. The molecular formula is C20H22N4O5. The van der Waals surface area contributed by atoms with Gasteiger partial charge in [-0.25, -0.2) is 0 Å². The van der Waals surface area contributed by atoms with Crippen molar-refractivity contribution >= 4 is 23.4 Å². The summed E-state index contributed by atoms with van der Waals surface area (Å²) >= 11 is 0. The number of para-hydroxylation sites is 1. The summed E-state index contributed by atoms with van der Waals surface area (Å²) in [6, 6.07) is 7.65. The monoisotopic (exact) mass is 398 g/mol. The zero-order valence-electron chi connectivity index (χ0n) is 16.5. The van der Waals surface area contributed by atoms with Crippen molar-refractivity contribution in [3.8, 4) is 5.75 Å². The number of hydrogen-bond donors (Lipinski definition) is 3. The molecule has 0 saturated heterocycles. The van der Waals surface area contributed by atoms with Crippen molar-refractivity contribution in [2.75, 3.05) is 26.5 Å². The average molecular weight is 398 g/mol. The molecule has 1 atom stereocenters. The van der Waals surface area contributed by atoms with E-state index in [-0.39, 0.29) is 34.4 Å². The molecule has 2 aromatic rings. The Balaban J connectivity index is 1.97. The highest BCUT2D eigenvalue weighted by Gasteiger charge is 2.37. The van der Waals surface area contributed by atoms with Gasteiger partial charge in [0.15, 0.2) is 5.75 Å². The Morgan fingerprint density at radius 2 is 1.83 bits per heavy atom. The maximum atomic E-state index is 12.6. The highest BCUT2D eigenvalue weighted by molar-refractivity contribution is 6.20. The first kappa shape index (κ1) is 20.0. The van der Waals surface area contributed by atoms with Crippen molar-refractivity contribution in [2.24, 2.45) is 0 Å². The van der Waals surface area contributed by atoms with E-state index < -0.39 is 17.7 Å². The molecule has 0 spiro atoms. The zero-order chi connectivity index (χ0) is 21.3. The van der Waals surface area contributed by atoms with E-state index in [4.69, 9.17) is 4.42 Å². The first-order valence-corrected chi connectivity index (χ1v) is 8.89. The maximum Gasteiger partial charge on any atom is 0.279 e. The van der Waals surface area contributed by atoms with Crippen molar-refractivity contribution in [3.63, 3.8) is 0 Å². The number of benzene rings is 1. The molecule has 2 heterocycles. The molecule has 9 heteroatoms. The highest BCUT2D eigenvalue weighted by atomic mass is 16.3. The Labute approximate surface area is 167 Å². The van der Waals surface area contributed by atoms with E-state index >= 15 is 0 Å². The van der Waals surface area contributed by atoms with Crippen molar-refractivity contribution in [1.82, 2.24) is 15.1 Å². The maximum absolute atomic E-state index is 12.6. The average Bonchev–Trinajstić information content (AvgIpc) is 3.29. The number of likely N-dealkylation sites (N-methyl/N-ethyl adjacent to an activating group) is 1. The van der Waals surface area contributed by atoms with Crippen LogP contribution in [0.25, 0.3) is 0 Å². The van der Waals surface area contributed by atoms with Crippen LogP contribution in [0.4, 0.5) is 5.69 Å².